The van der Waals surface area contributed by atoms with E-state index in [1.807, 2.05) is 30.3 Å². The van der Waals surface area contributed by atoms with Gasteiger partial charge in [0.25, 0.3) is 0 Å². The standard InChI is InChI=1S/C14H16N2O3/c1-14(2,3)18-13(17)10-11(16-19-12(10)15)9-7-5-4-6-8-9/h4-8H,15H2,1-3H3. The van der Waals surface area contributed by atoms with Crippen molar-refractivity contribution < 1.29 is 14.1 Å². The number of esters is 1. The summed E-state index contributed by atoms with van der Waals surface area (Å²) in [5.74, 6) is -0.571. The Bertz CT molecular complexity index is 582. The molecule has 0 aliphatic heterocycles. The topological polar surface area (TPSA) is 78.3 Å². The van der Waals surface area contributed by atoms with Crippen molar-refractivity contribution in [1.29, 1.82) is 0 Å². The van der Waals surface area contributed by atoms with Crippen LogP contribution < -0.4 is 5.73 Å². The van der Waals surface area contributed by atoms with E-state index < -0.39 is 11.6 Å². The van der Waals surface area contributed by atoms with Crippen molar-refractivity contribution in [1.82, 2.24) is 5.16 Å². The SMILES string of the molecule is CC(C)(C)OC(=O)c1c(-c2ccccc2)noc1N. The van der Waals surface area contributed by atoms with Gasteiger partial charge in [-0.05, 0) is 20.8 Å². The highest BCUT2D eigenvalue weighted by Gasteiger charge is 2.27. The summed E-state index contributed by atoms with van der Waals surface area (Å²) >= 11 is 0. The largest absolute Gasteiger partial charge is 0.456 e. The minimum Gasteiger partial charge on any atom is -0.456 e. The van der Waals surface area contributed by atoms with Gasteiger partial charge in [-0.15, -0.1) is 0 Å². The number of rotatable bonds is 2. The average molecular weight is 260 g/mol. The van der Waals surface area contributed by atoms with Crippen LogP contribution >= 0.6 is 0 Å². The summed E-state index contributed by atoms with van der Waals surface area (Å²) in [6.07, 6.45) is 0. The third-order valence-electron chi connectivity index (χ3n) is 2.37. The van der Waals surface area contributed by atoms with E-state index in [4.69, 9.17) is 15.0 Å². The molecule has 1 aromatic carbocycles. The van der Waals surface area contributed by atoms with Crippen molar-refractivity contribution in [3.8, 4) is 11.3 Å². The van der Waals surface area contributed by atoms with Crippen LogP contribution in [0.1, 0.15) is 31.1 Å². The molecular formula is C14H16N2O3. The maximum Gasteiger partial charge on any atom is 0.346 e. The van der Waals surface area contributed by atoms with Gasteiger partial charge >= 0.3 is 5.97 Å². The van der Waals surface area contributed by atoms with E-state index in [1.165, 1.54) is 0 Å². The molecule has 5 nitrogen and oxygen atoms in total. The Labute approximate surface area is 111 Å². The molecule has 0 amide bonds. The molecule has 2 aromatic rings. The molecule has 2 N–H and O–H groups in total. The first kappa shape index (κ1) is 13.1. The first-order valence-corrected chi connectivity index (χ1v) is 5.92. The molecule has 0 spiro atoms. The Balaban J connectivity index is 2.42. The van der Waals surface area contributed by atoms with Crippen LogP contribution in [-0.4, -0.2) is 16.7 Å². The number of benzene rings is 1. The molecule has 0 fully saturated rings. The number of aromatic nitrogens is 1. The number of nitrogens with zero attached hydrogens (tertiary/aromatic N) is 1. The van der Waals surface area contributed by atoms with Gasteiger partial charge in [-0.25, -0.2) is 4.79 Å². The van der Waals surface area contributed by atoms with Crippen molar-refractivity contribution in [2.24, 2.45) is 0 Å². The number of carbonyl (C=O) groups excluding carboxylic acids is 1. The first-order valence-electron chi connectivity index (χ1n) is 5.92. The third-order valence-corrected chi connectivity index (χ3v) is 2.37. The van der Waals surface area contributed by atoms with Crippen molar-refractivity contribution in [3.63, 3.8) is 0 Å². The third kappa shape index (κ3) is 2.93. The van der Waals surface area contributed by atoms with Crippen LogP contribution in [0, 0.1) is 0 Å². The fourth-order valence-corrected chi connectivity index (χ4v) is 1.62. The predicted molar refractivity (Wildman–Crippen MR) is 71.5 cm³/mol. The normalized spacial score (nSPS) is 11.3. The lowest BCUT2D eigenvalue weighted by atomic mass is 10.1. The summed E-state index contributed by atoms with van der Waals surface area (Å²) in [5.41, 5.74) is 6.38. The maximum atomic E-state index is 12.1. The monoisotopic (exact) mass is 260 g/mol. The van der Waals surface area contributed by atoms with Crippen LogP contribution in [0.4, 0.5) is 5.88 Å². The van der Waals surface area contributed by atoms with Gasteiger partial charge < -0.3 is 15.0 Å². The highest BCUT2D eigenvalue weighted by Crippen LogP contribution is 2.28. The molecule has 0 aliphatic carbocycles. The van der Waals surface area contributed by atoms with E-state index in [0.717, 1.165) is 5.56 Å². The number of nitrogen functional groups attached to an aromatic ring is 1. The Kier molecular flexibility index (Phi) is 3.29. The summed E-state index contributed by atoms with van der Waals surface area (Å²) < 4.78 is 10.2. The van der Waals surface area contributed by atoms with Crippen LogP contribution in [0.5, 0.6) is 0 Å². The minimum absolute atomic E-state index is 0.0342. The molecule has 0 atom stereocenters. The lowest BCUT2D eigenvalue weighted by Crippen LogP contribution is -2.24. The fraction of sp³-hybridized carbons (Fsp3) is 0.286. The lowest BCUT2D eigenvalue weighted by molar-refractivity contribution is 0.00713. The molecule has 19 heavy (non-hydrogen) atoms. The molecule has 2 rings (SSSR count). The zero-order chi connectivity index (χ0) is 14.0. The van der Waals surface area contributed by atoms with Gasteiger partial charge in [0.05, 0.1) is 0 Å². The fourth-order valence-electron chi connectivity index (χ4n) is 1.62. The zero-order valence-electron chi connectivity index (χ0n) is 11.1. The Hall–Kier alpha value is -2.30. The summed E-state index contributed by atoms with van der Waals surface area (Å²) in [6.45, 7) is 5.37. The maximum absolute atomic E-state index is 12.1. The Morgan fingerprint density at radius 1 is 1.26 bits per heavy atom. The van der Waals surface area contributed by atoms with Gasteiger partial charge in [-0.1, -0.05) is 35.5 Å². The molecule has 1 heterocycles. The van der Waals surface area contributed by atoms with Crippen LogP contribution in [-0.2, 0) is 4.74 Å². The van der Waals surface area contributed by atoms with E-state index >= 15 is 0 Å². The van der Waals surface area contributed by atoms with Gasteiger partial charge in [0.15, 0.2) is 5.56 Å². The first-order chi connectivity index (χ1) is 8.88. The van der Waals surface area contributed by atoms with E-state index in [0.29, 0.717) is 5.69 Å². The van der Waals surface area contributed by atoms with E-state index in [-0.39, 0.29) is 11.4 Å². The number of ether oxygens (including phenoxy) is 1. The molecule has 0 saturated carbocycles. The van der Waals surface area contributed by atoms with Gasteiger partial charge in [0, 0.05) is 5.56 Å². The number of nitrogens with two attached hydrogens (primary N) is 1. The van der Waals surface area contributed by atoms with Gasteiger partial charge in [0.1, 0.15) is 11.3 Å². The van der Waals surface area contributed by atoms with Crippen molar-refractivity contribution in [2.45, 2.75) is 26.4 Å². The number of anilines is 1. The van der Waals surface area contributed by atoms with Crippen LogP contribution in [0.25, 0.3) is 11.3 Å². The second-order valence-corrected chi connectivity index (χ2v) is 5.14. The highest BCUT2D eigenvalue weighted by atomic mass is 16.6. The lowest BCUT2D eigenvalue weighted by Gasteiger charge is -2.19. The predicted octanol–water partition coefficient (Wildman–Crippen LogP) is 2.88. The summed E-state index contributed by atoms with van der Waals surface area (Å²) in [4.78, 5) is 12.1. The zero-order valence-corrected chi connectivity index (χ0v) is 11.1. The van der Waals surface area contributed by atoms with Crippen LogP contribution in [0.15, 0.2) is 34.9 Å². The highest BCUT2D eigenvalue weighted by molar-refractivity contribution is 6.00. The second kappa shape index (κ2) is 4.76. The molecule has 0 saturated heterocycles. The molecule has 0 aliphatic rings. The average Bonchev–Trinajstić information content (AvgIpc) is 2.70. The number of hydrogen-bond acceptors (Lipinski definition) is 5. The van der Waals surface area contributed by atoms with E-state index in [2.05, 4.69) is 5.16 Å². The molecular weight excluding hydrogens is 244 g/mol. The van der Waals surface area contributed by atoms with Crippen LogP contribution in [0.2, 0.25) is 0 Å². The number of hydrogen-bond donors (Lipinski definition) is 1. The van der Waals surface area contributed by atoms with Gasteiger partial charge in [0.2, 0.25) is 5.88 Å². The van der Waals surface area contributed by atoms with E-state index in [9.17, 15) is 4.79 Å². The molecule has 0 unspecified atom stereocenters. The van der Waals surface area contributed by atoms with Crippen molar-refractivity contribution in [2.75, 3.05) is 5.73 Å². The Morgan fingerprint density at radius 3 is 2.47 bits per heavy atom. The van der Waals surface area contributed by atoms with Gasteiger partial charge in [-0.3, -0.25) is 0 Å². The van der Waals surface area contributed by atoms with Gasteiger partial charge in [-0.2, -0.15) is 0 Å². The summed E-state index contributed by atoms with van der Waals surface area (Å²) in [6, 6.07) is 9.22. The quantitative estimate of drug-likeness (QED) is 0.840. The van der Waals surface area contributed by atoms with Crippen molar-refractivity contribution >= 4 is 11.9 Å². The smallest absolute Gasteiger partial charge is 0.346 e. The molecule has 0 radical (unpaired) electrons. The molecule has 0 bridgehead atoms. The van der Waals surface area contributed by atoms with E-state index in [1.54, 1.807) is 20.8 Å². The van der Waals surface area contributed by atoms with Crippen molar-refractivity contribution in [3.05, 3.63) is 35.9 Å². The van der Waals surface area contributed by atoms with Crippen LogP contribution in [0.3, 0.4) is 0 Å². The summed E-state index contributed by atoms with van der Waals surface area (Å²) in [5, 5.41) is 3.84. The number of carbonyl (C=O) groups is 1. The Morgan fingerprint density at radius 2 is 1.89 bits per heavy atom. The molecule has 100 valence electrons. The molecule has 1 aromatic heterocycles. The summed E-state index contributed by atoms with van der Waals surface area (Å²) in [7, 11) is 0. The molecule has 5 heteroatoms. The second-order valence-electron chi connectivity index (χ2n) is 5.14. The minimum atomic E-state index is -0.602.